The first kappa shape index (κ1) is 28.0. The van der Waals surface area contributed by atoms with Crippen molar-refractivity contribution in [3.05, 3.63) is 23.9 Å². The highest BCUT2D eigenvalue weighted by Gasteiger charge is 2.45. The average Bonchev–Trinajstić information content (AvgIpc) is 3.33. The molecule has 3 atom stereocenters. The number of halogens is 3. The quantitative estimate of drug-likeness (QED) is 0.387. The summed E-state index contributed by atoms with van der Waals surface area (Å²) in [5.74, 6) is -1.67. The van der Waals surface area contributed by atoms with Crippen molar-refractivity contribution in [1.82, 2.24) is 13.6 Å². The molecular formula is C23H33F3N4O6S. The number of aromatic nitrogens is 1. The molecule has 4 rings (SSSR count). The lowest BCUT2D eigenvalue weighted by Gasteiger charge is -2.33. The summed E-state index contributed by atoms with van der Waals surface area (Å²) >= 11 is 0. The van der Waals surface area contributed by atoms with Crippen LogP contribution in [0.25, 0.3) is 0 Å². The zero-order chi connectivity index (χ0) is 26.6. The van der Waals surface area contributed by atoms with Gasteiger partial charge in [0.2, 0.25) is 5.88 Å². The SMILES string of the molecule is NC(OC(=O)C(F)(F)F)c1ccnc(OC[C@@H]2C[C@H](C3CCCCC3)CN2S(=O)(=O)N2CCOCC2)c1. The van der Waals surface area contributed by atoms with Gasteiger partial charge in [0.25, 0.3) is 10.2 Å². The minimum atomic E-state index is -5.17. The number of morpholine rings is 1. The van der Waals surface area contributed by atoms with Crippen LogP contribution in [0.2, 0.25) is 0 Å². The maximum absolute atomic E-state index is 13.5. The minimum Gasteiger partial charge on any atom is -0.476 e. The fraction of sp³-hybridized carbons (Fsp3) is 0.739. The molecule has 14 heteroatoms. The van der Waals surface area contributed by atoms with E-state index in [2.05, 4.69) is 9.72 Å². The minimum absolute atomic E-state index is 0.0147. The van der Waals surface area contributed by atoms with Gasteiger partial charge in [0.15, 0.2) is 6.23 Å². The number of carbonyl (C=O) groups is 1. The summed E-state index contributed by atoms with van der Waals surface area (Å²) in [6.45, 7) is 1.70. The lowest BCUT2D eigenvalue weighted by molar-refractivity contribution is -0.205. The zero-order valence-corrected chi connectivity index (χ0v) is 21.3. The second-order valence-electron chi connectivity index (χ2n) is 9.70. The van der Waals surface area contributed by atoms with Gasteiger partial charge in [-0.2, -0.15) is 30.2 Å². The third kappa shape index (κ3) is 6.91. The summed E-state index contributed by atoms with van der Waals surface area (Å²) in [6.07, 6.45) is 0.751. The Balaban J connectivity index is 1.45. The molecule has 3 fully saturated rings. The number of nitrogens with two attached hydrogens (primary N) is 1. The number of rotatable bonds is 8. The molecular weight excluding hydrogens is 517 g/mol. The molecule has 1 aromatic heterocycles. The zero-order valence-electron chi connectivity index (χ0n) is 20.4. The summed E-state index contributed by atoms with van der Waals surface area (Å²) in [6, 6.07) is 2.16. The van der Waals surface area contributed by atoms with E-state index in [4.69, 9.17) is 15.2 Å². The van der Waals surface area contributed by atoms with Gasteiger partial charge in [0, 0.05) is 37.5 Å². The second-order valence-corrected chi connectivity index (χ2v) is 11.6. The molecule has 1 aliphatic carbocycles. The van der Waals surface area contributed by atoms with Crippen molar-refractivity contribution in [2.45, 2.75) is 57.0 Å². The molecule has 3 aliphatic rings. The number of alkyl halides is 3. The largest absolute Gasteiger partial charge is 0.490 e. The molecule has 0 spiro atoms. The van der Waals surface area contributed by atoms with Gasteiger partial charge in [-0.3, -0.25) is 5.73 Å². The first-order valence-corrected chi connectivity index (χ1v) is 13.9. The fourth-order valence-electron chi connectivity index (χ4n) is 5.34. The van der Waals surface area contributed by atoms with E-state index in [1.165, 1.54) is 33.4 Å². The van der Waals surface area contributed by atoms with Crippen LogP contribution in [0.3, 0.4) is 0 Å². The summed E-state index contributed by atoms with van der Waals surface area (Å²) < 4.78 is 82.9. The number of carbonyl (C=O) groups excluding carboxylic acids is 1. The van der Waals surface area contributed by atoms with Gasteiger partial charge in [-0.1, -0.05) is 32.1 Å². The van der Waals surface area contributed by atoms with Crippen LogP contribution in [0.5, 0.6) is 5.88 Å². The highest BCUT2D eigenvalue weighted by Crippen LogP contribution is 2.39. The Labute approximate surface area is 214 Å². The number of esters is 1. The van der Waals surface area contributed by atoms with Crippen molar-refractivity contribution in [2.75, 3.05) is 39.5 Å². The molecule has 2 N–H and O–H groups in total. The number of pyridine rings is 1. The molecule has 0 bridgehead atoms. The van der Waals surface area contributed by atoms with Gasteiger partial charge in [-0.05, 0) is 24.3 Å². The highest BCUT2D eigenvalue weighted by atomic mass is 32.2. The molecule has 0 aromatic carbocycles. The van der Waals surface area contributed by atoms with Crippen LogP contribution in [0.1, 0.15) is 50.3 Å². The first-order chi connectivity index (χ1) is 17.6. The van der Waals surface area contributed by atoms with E-state index in [1.54, 1.807) is 0 Å². The van der Waals surface area contributed by atoms with E-state index in [0.717, 1.165) is 25.7 Å². The molecule has 10 nitrogen and oxygen atoms in total. The van der Waals surface area contributed by atoms with Crippen LogP contribution in [0.15, 0.2) is 18.3 Å². The lowest BCUT2D eigenvalue weighted by atomic mass is 9.79. The first-order valence-electron chi connectivity index (χ1n) is 12.5. The Morgan fingerprint density at radius 3 is 2.57 bits per heavy atom. The third-order valence-corrected chi connectivity index (χ3v) is 9.34. The fourth-order valence-corrected chi connectivity index (χ4v) is 7.15. The van der Waals surface area contributed by atoms with Gasteiger partial charge >= 0.3 is 12.1 Å². The van der Waals surface area contributed by atoms with E-state index < -0.39 is 34.6 Å². The van der Waals surface area contributed by atoms with Crippen molar-refractivity contribution >= 4 is 16.2 Å². The highest BCUT2D eigenvalue weighted by molar-refractivity contribution is 7.86. The van der Waals surface area contributed by atoms with Crippen LogP contribution in [-0.2, 0) is 24.5 Å². The summed E-state index contributed by atoms with van der Waals surface area (Å²) in [4.78, 5) is 15.2. The number of hydrogen-bond donors (Lipinski definition) is 1. The predicted molar refractivity (Wildman–Crippen MR) is 125 cm³/mol. The molecule has 2 aliphatic heterocycles. The Bertz CT molecular complexity index is 1030. The van der Waals surface area contributed by atoms with E-state index >= 15 is 0 Å². The van der Waals surface area contributed by atoms with Gasteiger partial charge in [-0.25, -0.2) is 9.78 Å². The monoisotopic (exact) mass is 550 g/mol. The molecule has 208 valence electrons. The Kier molecular flexibility index (Phi) is 8.94. The van der Waals surface area contributed by atoms with Gasteiger partial charge < -0.3 is 14.2 Å². The molecule has 1 unspecified atom stereocenters. The van der Waals surface area contributed by atoms with Crippen molar-refractivity contribution < 1.29 is 40.6 Å². The van der Waals surface area contributed by atoms with Crippen LogP contribution < -0.4 is 10.5 Å². The van der Waals surface area contributed by atoms with Crippen molar-refractivity contribution in [2.24, 2.45) is 17.6 Å². The van der Waals surface area contributed by atoms with Crippen LogP contribution in [-0.4, -0.2) is 79.7 Å². The van der Waals surface area contributed by atoms with Gasteiger partial charge in [0.1, 0.15) is 6.61 Å². The van der Waals surface area contributed by atoms with Crippen LogP contribution in [0.4, 0.5) is 13.2 Å². The van der Waals surface area contributed by atoms with E-state index in [0.29, 0.717) is 45.2 Å². The summed E-state index contributed by atoms with van der Waals surface area (Å²) in [7, 11) is -3.73. The van der Waals surface area contributed by atoms with E-state index in [1.807, 2.05) is 0 Å². The Morgan fingerprint density at radius 2 is 1.89 bits per heavy atom. The van der Waals surface area contributed by atoms with Gasteiger partial charge in [-0.15, -0.1) is 0 Å². The van der Waals surface area contributed by atoms with Crippen LogP contribution in [0, 0.1) is 11.8 Å². The molecule has 1 saturated carbocycles. The summed E-state index contributed by atoms with van der Waals surface area (Å²) in [5, 5.41) is 0. The Hall–Kier alpha value is -2.00. The molecule has 2 saturated heterocycles. The van der Waals surface area contributed by atoms with Crippen molar-refractivity contribution in [3.8, 4) is 5.88 Å². The number of nitrogens with zero attached hydrogens (tertiary/aromatic N) is 3. The summed E-state index contributed by atoms with van der Waals surface area (Å²) in [5.41, 5.74) is 5.67. The van der Waals surface area contributed by atoms with Gasteiger partial charge in [0.05, 0.1) is 19.3 Å². The Morgan fingerprint density at radius 1 is 1.19 bits per heavy atom. The molecule has 1 aromatic rings. The molecule has 0 amide bonds. The van der Waals surface area contributed by atoms with Crippen molar-refractivity contribution in [3.63, 3.8) is 0 Å². The smallest absolute Gasteiger partial charge is 0.476 e. The number of ether oxygens (including phenoxy) is 3. The standard InChI is InChI=1S/C23H33F3N4O6S/c24-23(25,26)22(31)36-21(27)17-6-7-28-20(13-17)35-15-19-12-18(16-4-2-1-3-5-16)14-30(19)37(32,33)29-8-10-34-11-9-29/h6-7,13,16,18-19,21H,1-5,8-12,14-15,27H2/t18-,19-,21?/m0/s1. The van der Waals surface area contributed by atoms with Crippen LogP contribution >= 0.6 is 0 Å². The molecule has 3 heterocycles. The predicted octanol–water partition coefficient (Wildman–Crippen LogP) is 2.37. The normalized spacial score (nSPS) is 25.6. The second kappa shape index (κ2) is 11.8. The molecule has 37 heavy (non-hydrogen) atoms. The van der Waals surface area contributed by atoms with E-state index in [-0.39, 0.29) is 24.0 Å². The van der Waals surface area contributed by atoms with E-state index in [9.17, 15) is 26.4 Å². The maximum Gasteiger partial charge on any atom is 0.490 e. The van der Waals surface area contributed by atoms with Crippen molar-refractivity contribution in [1.29, 1.82) is 0 Å². The topological polar surface area (TPSA) is 124 Å². The number of hydrogen-bond acceptors (Lipinski definition) is 8. The third-order valence-electron chi connectivity index (χ3n) is 7.28. The lowest BCUT2D eigenvalue weighted by Crippen LogP contribution is -2.51. The maximum atomic E-state index is 13.5. The average molecular weight is 551 g/mol. The molecule has 0 radical (unpaired) electrons.